The Bertz CT molecular complexity index is 974. The highest BCUT2D eigenvalue weighted by molar-refractivity contribution is 6.00. The molecule has 1 aliphatic rings. The molecule has 0 spiro atoms. The lowest BCUT2D eigenvalue weighted by Gasteiger charge is -2.16. The summed E-state index contributed by atoms with van der Waals surface area (Å²) in [5, 5.41) is 13.6. The van der Waals surface area contributed by atoms with Crippen molar-refractivity contribution in [2.75, 3.05) is 23.4 Å². The predicted molar refractivity (Wildman–Crippen MR) is 104 cm³/mol. The summed E-state index contributed by atoms with van der Waals surface area (Å²) in [6.07, 6.45) is -0.0824. The largest absolute Gasteiger partial charge is 0.455 e. The van der Waals surface area contributed by atoms with Crippen LogP contribution in [0.5, 0.6) is 0 Å². The molecular formula is C20H19N3O6. The number of para-hydroxylation sites is 1. The molecule has 3 rings (SSSR count). The summed E-state index contributed by atoms with van der Waals surface area (Å²) in [6, 6.07) is 12.8. The van der Waals surface area contributed by atoms with Crippen molar-refractivity contribution >= 4 is 34.8 Å². The van der Waals surface area contributed by atoms with Crippen LogP contribution in [0, 0.1) is 23.0 Å². The highest BCUT2D eigenvalue weighted by Crippen LogP contribution is 2.28. The first kappa shape index (κ1) is 20.0. The predicted octanol–water partition coefficient (Wildman–Crippen LogP) is 2.44. The molecule has 9 heteroatoms. The van der Waals surface area contributed by atoms with Gasteiger partial charge in [0.05, 0.1) is 16.5 Å². The number of amides is 2. The molecule has 1 fully saturated rings. The Morgan fingerprint density at radius 1 is 1.24 bits per heavy atom. The van der Waals surface area contributed by atoms with Gasteiger partial charge in [-0.3, -0.25) is 24.5 Å². The van der Waals surface area contributed by atoms with Crippen LogP contribution in [0.2, 0.25) is 0 Å². The number of non-ortho nitro benzene ring substituents is 1. The van der Waals surface area contributed by atoms with Gasteiger partial charge < -0.3 is 15.0 Å². The maximum absolute atomic E-state index is 12.3. The molecule has 1 heterocycles. The van der Waals surface area contributed by atoms with Crippen LogP contribution in [0.25, 0.3) is 0 Å². The summed E-state index contributed by atoms with van der Waals surface area (Å²) >= 11 is 0. The molecule has 2 aromatic carbocycles. The highest BCUT2D eigenvalue weighted by atomic mass is 16.6. The molecule has 150 valence electrons. The van der Waals surface area contributed by atoms with Crippen LogP contribution < -0.4 is 10.2 Å². The van der Waals surface area contributed by atoms with E-state index in [2.05, 4.69) is 5.32 Å². The summed E-state index contributed by atoms with van der Waals surface area (Å²) in [6.45, 7) is 1.42. The van der Waals surface area contributed by atoms with E-state index in [1.165, 1.54) is 23.1 Å². The first-order valence-corrected chi connectivity index (χ1v) is 8.92. The van der Waals surface area contributed by atoms with Crippen LogP contribution >= 0.6 is 0 Å². The Morgan fingerprint density at radius 3 is 2.72 bits per heavy atom. The van der Waals surface area contributed by atoms with Crippen LogP contribution in [0.1, 0.15) is 12.0 Å². The van der Waals surface area contributed by atoms with Gasteiger partial charge in [-0.25, -0.2) is 0 Å². The average Bonchev–Trinajstić information content (AvgIpc) is 3.10. The SMILES string of the molecule is Cc1ccccc1NC(=O)COC(=O)[C@@H]1CC(=O)N(c2cccc([N+](=O)[O-])c2)C1. The second kappa shape index (κ2) is 8.51. The van der Waals surface area contributed by atoms with Gasteiger partial charge in [0.2, 0.25) is 5.91 Å². The van der Waals surface area contributed by atoms with Crippen molar-refractivity contribution in [2.45, 2.75) is 13.3 Å². The van der Waals surface area contributed by atoms with Gasteiger partial charge in [0.1, 0.15) is 0 Å². The van der Waals surface area contributed by atoms with E-state index in [4.69, 9.17) is 4.74 Å². The average molecular weight is 397 g/mol. The molecule has 29 heavy (non-hydrogen) atoms. The van der Waals surface area contributed by atoms with E-state index in [0.717, 1.165) is 5.56 Å². The molecule has 0 saturated carbocycles. The minimum absolute atomic E-state index is 0.0399. The smallest absolute Gasteiger partial charge is 0.311 e. The molecule has 0 bridgehead atoms. The Morgan fingerprint density at radius 2 is 2.00 bits per heavy atom. The topological polar surface area (TPSA) is 119 Å². The fourth-order valence-corrected chi connectivity index (χ4v) is 3.04. The second-order valence-corrected chi connectivity index (χ2v) is 6.65. The first-order valence-electron chi connectivity index (χ1n) is 8.92. The Labute approximate surface area is 166 Å². The summed E-state index contributed by atoms with van der Waals surface area (Å²) in [4.78, 5) is 48.2. The maximum Gasteiger partial charge on any atom is 0.311 e. The number of hydrogen-bond acceptors (Lipinski definition) is 6. The number of aryl methyl sites for hydroxylation is 1. The number of nitro benzene ring substituents is 1. The van der Waals surface area contributed by atoms with Gasteiger partial charge in [0.25, 0.3) is 11.6 Å². The van der Waals surface area contributed by atoms with Crippen molar-refractivity contribution in [3.8, 4) is 0 Å². The van der Waals surface area contributed by atoms with E-state index >= 15 is 0 Å². The minimum atomic E-state index is -0.743. The number of rotatable bonds is 6. The van der Waals surface area contributed by atoms with Gasteiger partial charge in [0.15, 0.2) is 6.61 Å². The lowest BCUT2D eigenvalue weighted by Crippen LogP contribution is -2.28. The number of benzene rings is 2. The summed E-state index contributed by atoms with van der Waals surface area (Å²) in [5.74, 6) is -2.22. The first-order chi connectivity index (χ1) is 13.8. The molecule has 0 aliphatic carbocycles. The Hall–Kier alpha value is -3.75. The standard InChI is InChI=1S/C20H19N3O6/c1-13-5-2-3-8-17(13)21-18(24)12-29-20(26)14-9-19(25)22(11-14)15-6-4-7-16(10-15)23(27)28/h2-8,10,14H,9,11-12H2,1H3,(H,21,24)/t14-/m1/s1. The molecule has 0 unspecified atom stereocenters. The van der Waals surface area contributed by atoms with E-state index in [1.807, 2.05) is 19.1 Å². The second-order valence-electron chi connectivity index (χ2n) is 6.65. The zero-order valence-electron chi connectivity index (χ0n) is 15.7. The number of hydrogen-bond donors (Lipinski definition) is 1. The maximum atomic E-state index is 12.3. The van der Waals surface area contributed by atoms with Crippen molar-refractivity contribution < 1.29 is 24.0 Å². The van der Waals surface area contributed by atoms with Crippen LogP contribution in [-0.4, -0.2) is 35.9 Å². The van der Waals surface area contributed by atoms with Crippen LogP contribution in [-0.2, 0) is 19.1 Å². The molecule has 2 amide bonds. The zero-order valence-corrected chi connectivity index (χ0v) is 15.7. The number of carbonyl (C=O) groups excluding carboxylic acids is 3. The Kier molecular flexibility index (Phi) is 5.87. The molecule has 2 aromatic rings. The molecule has 0 aromatic heterocycles. The quantitative estimate of drug-likeness (QED) is 0.454. The minimum Gasteiger partial charge on any atom is -0.455 e. The monoisotopic (exact) mass is 397 g/mol. The molecule has 1 N–H and O–H groups in total. The summed E-state index contributed by atoms with van der Waals surface area (Å²) in [5.41, 5.74) is 1.70. The summed E-state index contributed by atoms with van der Waals surface area (Å²) in [7, 11) is 0. The fourth-order valence-electron chi connectivity index (χ4n) is 3.04. The highest BCUT2D eigenvalue weighted by Gasteiger charge is 2.36. The number of nitrogens with zero attached hydrogens (tertiary/aromatic N) is 2. The van der Waals surface area contributed by atoms with Gasteiger partial charge in [-0.05, 0) is 24.6 Å². The third-order valence-corrected chi connectivity index (χ3v) is 4.58. The van der Waals surface area contributed by atoms with E-state index in [1.54, 1.807) is 18.2 Å². The molecular weight excluding hydrogens is 378 g/mol. The number of carbonyl (C=O) groups is 3. The Balaban J connectivity index is 1.56. The third kappa shape index (κ3) is 4.75. The van der Waals surface area contributed by atoms with E-state index in [9.17, 15) is 24.5 Å². The van der Waals surface area contributed by atoms with Crippen molar-refractivity contribution in [3.05, 3.63) is 64.2 Å². The molecule has 9 nitrogen and oxygen atoms in total. The van der Waals surface area contributed by atoms with E-state index < -0.39 is 29.3 Å². The number of esters is 1. The third-order valence-electron chi connectivity index (χ3n) is 4.58. The molecule has 1 saturated heterocycles. The van der Waals surface area contributed by atoms with Gasteiger partial charge in [0, 0.05) is 30.8 Å². The van der Waals surface area contributed by atoms with Crippen LogP contribution in [0.15, 0.2) is 48.5 Å². The summed E-state index contributed by atoms with van der Waals surface area (Å²) < 4.78 is 5.06. The van der Waals surface area contributed by atoms with E-state index in [-0.39, 0.29) is 24.6 Å². The van der Waals surface area contributed by atoms with Crippen molar-refractivity contribution in [1.29, 1.82) is 0 Å². The van der Waals surface area contributed by atoms with Crippen LogP contribution in [0.4, 0.5) is 17.1 Å². The zero-order chi connectivity index (χ0) is 21.0. The van der Waals surface area contributed by atoms with Gasteiger partial charge >= 0.3 is 5.97 Å². The van der Waals surface area contributed by atoms with E-state index in [0.29, 0.717) is 11.4 Å². The van der Waals surface area contributed by atoms with Gasteiger partial charge in [-0.2, -0.15) is 0 Å². The van der Waals surface area contributed by atoms with Crippen molar-refractivity contribution in [2.24, 2.45) is 5.92 Å². The van der Waals surface area contributed by atoms with Gasteiger partial charge in [-0.15, -0.1) is 0 Å². The molecule has 1 aliphatic heterocycles. The van der Waals surface area contributed by atoms with Crippen molar-refractivity contribution in [1.82, 2.24) is 0 Å². The van der Waals surface area contributed by atoms with Gasteiger partial charge in [-0.1, -0.05) is 24.3 Å². The lowest BCUT2D eigenvalue weighted by molar-refractivity contribution is -0.384. The molecule has 1 atom stereocenters. The lowest BCUT2D eigenvalue weighted by atomic mass is 10.1. The van der Waals surface area contributed by atoms with Crippen LogP contribution in [0.3, 0.4) is 0 Å². The number of anilines is 2. The fraction of sp³-hybridized carbons (Fsp3) is 0.250. The normalized spacial score (nSPS) is 15.8. The number of nitro groups is 1. The number of nitrogens with one attached hydrogen (secondary N) is 1. The number of ether oxygens (including phenoxy) is 1. The molecule has 0 radical (unpaired) electrons. The van der Waals surface area contributed by atoms with Crippen molar-refractivity contribution in [3.63, 3.8) is 0 Å².